The van der Waals surface area contributed by atoms with Gasteiger partial charge in [0.05, 0.1) is 29.6 Å². The van der Waals surface area contributed by atoms with Crippen molar-refractivity contribution in [2.75, 3.05) is 17.2 Å². The molecule has 2 unspecified atom stereocenters. The topological polar surface area (TPSA) is 135 Å². The molecule has 1 aliphatic heterocycles. The van der Waals surface area contributed by atoms with Crippen molar-refractivity contribution in [2.24, 2.45) is 0 Å². The van der Waals surface area contributed by atoms with Gasteiger partial charge in [-0.2, -0.15) is 0 Å². The second-order valence-corrected chi connectivity index (χ2v) is 11.4. The Hall–Kier alpha value is -4.75. The van der Waals surface area contributed by atoms with Gasteiger partial charge in [-0.05, 0) is 31.2 Å². The number of benzene rings is 2. The molecule has 14 heteroatoms. The second kappa shape index (κ2) is 11.9. The lowest BCUT2D eigenvalue weighted by atomic mass is 10.1. The van der Waals surface area contributed by atoms with Gasteiger partial charge in [-0.15, -0.1) is 10.2 Å². The maximum Gasteiger partial charge on any atom is 0.249 e. The highest BCUT2D eigenvalue weighted by atomic mass is 35.5. The first kappa shape index (κ1) is 28.4. The molecule has 218 valence electrons. The molecule has 11 nitrogen and oxygen atoms in total. The van der Waals surface area contributed by atoms with Crippen LogP contribution in [0.2, 0.25) is 5.02 Å². The molecule has 2 aromatic carbocycles. The minimum absolute atomic E-state index is 0.142. The maximum atomic E-state index is 14.6. The first-order chi connectivity index (χ1) is 20.8. The highest BCUT2D eigenvalue weighted by Crippen LogP contribution is 2.33. The summed E-state index contributed by atoms with van der Waals surface area (Å²) in [6, 6.07) is 11.5. The van der Waals surface area contributed by atoms with Gasteiger partial charge < -0.3 is 14.8 Å². The number of fused-ring (bicyclic) bond motifs is 1. The summed E-state index contributed by atoms with van der Waals surface area (Å²) in [6.07, 6.45) is 4.77. The lowest BCUT2D eigenvalue weighted by Crippen LogP contribution is -2.44. The Kier molecular flexibility index (Phi) is 7.82. The number of anilines is 3. The van der Waals surface area contributed by atoms with Gasteiger partial charge in [0.2, 0.25) is 16.9 Å². The molecule has 1 aliphatic rings. The summed E-state index contributed by atoms with van der Waals surface area (Å²) >= 11 is 7.37. The molecular weight excluding hydrogens is 595 g/mol. The van der Waals surface area contributed by atoms with E-state index in [1.54, 1.807) is 47.4 Å². The quantitative estimate of drug-likeness (QED) is 0.229. The SMILES string of the molecule is CC(=O)c1cn(CC(=O)N2CC(F)CC2C(=O)Nc2nnc(-c3ccccc3Cl)s2)c2ccc(Nc3cncnc3)cc12. The van der Waals surface area contributed by atoms with Gasteiger partial charge in [-0.1, -0.05) is 41.1 Å². The molecule has 0 bridgehead atoms. The zero-order chi connectivity index (χ0) is 30.1. The Balaban J connectivity index is 1.20. The zero-order valence-corrected chi connectivity index (χ0v) is 24.3. The standard InChI is InChI=1S/C29H24ClFN8O3S/c1-16(40)22-13-38(24-7-6-18(9-21(22)24)34-19-10-32-15-33-11-19)14-26(41)39-12-17(31)8-25(39)27(42)35-29-37-36-28(43-29)20-4-2-3-5-23(20)30/h2-7,9-11,13,15,17,25,34H,8,12,14H2,1H3,(H,35,37,42). The molecule has 0 aliphatic carbocycles. The third kappa shape index (κ3) is 5.94. The van der Waals surface area contributed by atoms with Crippen molar-refractivity contribution >= 4 is 67.9 Å². The van der Waals surface area contributed by atoms with Crippen LogP contribution < -0.4 is 10.6 Å². The van der Waals surface area contributed by atoms with E-state index in [9.17, 15) is 18.8 Å². The van der Waals surface area contributed by atoms with Crippen molar-refractivity contribution < 1.29 is 18.8 Å². The van der Waals surface area contributed by atoms with Gasteiger partial charge in [-0.25, -0.2) is 14.4 Å². The number of hydrogen-bond acceptors (Lipinski definition) is 9. The summed E-state index contributed by atoms with van der Waals surface area (Å²) < 4.78 is 16.2. The number of nitrogens with zero attached hydrogens (tertiary/aromatic N) is 6. The fourth-order valence-corrected chi connectivity index (χ4v) is 6.14. The van der Waals surface area contributed by atoms with E-state index in [0.717, 1.165) is 11.3 Å². The van der Waals surface area contributed by atoms with Crippen molar-refractivity contribution in [3.63, 3.8) is 0 Å². The molecule has 4 heterocycles. The second-order valence-electron chi connectivity index (χ2n) is 9.99. The minimum atomic E-state index is -1.36. The van der Waals surface area contributed by atoms with Crippen LogP contribution in [0.4, 0.5) is 20.9 Å². The van der Waals surface area contributed by atoms with Gasteiger partial charge in [0.25, 0.3) is 0 Å². The predicted octanol–water partition coefficient (Wildman–Crippen LogP) is 5.13. The van der Waals surface area contributed by atoms with E-state index in [-0.39, 0.29) is 30.4 Å². The molecule has 0 spiro atoms. The fourth-order valence-electron chi connectivity index (χ4n) is 5.07. The number of amides is 2. The molecule has 2 atom stereocenters. The first-order valence-corrected chi connectivity index (χ1v) is 14.4. The third-order valence-electron chi connectivity index (χ3n) is 7.05. The van der Waals surface area contributed by atoms with E-state index >= 15 is 0 Å². The van der Waals surface area contributed by atoms with Crippen molar-refractivity contribution in [1.82, 2.24) is 29.6 Å². The number of rotatable bonds is 8. The van der Waals surface area contributed by atoms with Gasteiger partial charge in [-0.3, -0.25) is 19.7 Å². The lowest BCUT2D eigenvalue weighted by Gasteiger charge is -2.23. The van der Waals surface area contributed by atoms with Crippen LogP contribution in [0.15, 0.2) is 67.4 Å². The van der Waals surface area contributed by atoms with E-state index in [0.29, 0.717) is 43.4 Å². The van der Waals surface area contributed by atoms with Crippen molar-refractivity contribution in [3.05, 3.63) is 78.0 Å². The molecule has 2 N–H and O–H groups in total. The molecule has 1 fully saturated rings. The van der Waals surface area contributed by atoms with E-state index in [2.05, 4.69) is 30.8 Å². The van der Waals surface area contributed by atoms with Crippen LogP contribution >= 0.6 is 22.9 Å². The van der Waals surface area contributed by atoms with Crippen LogP contribution in [0.5, 0.6) is 0 Å². The highest BCUT2D eigenvalue weighted by Gasteiger charge is 2.40. The number of ketones is 1. The summed E-state index contributed by atoms with van der Waals surface area (Å²) in [4.78, 5) is 48.4. The minimum Gasteiger partial charge on any atom is -0.353 e. The largest absolute Gasteiger partial charge is 0.353 e. The molecule has 43 heavy (non-hydrogen) atoms. The average molecular weight is 619 g/mol. The summed E-state index contributed by atoms with van der Waals surface area (Å²) in [6.45, 7) is 1.05. The average Bonchev–Trinajstić information content (AvgIpc) is 3.71. The number of Topliss-reactive ketones (excluding diaryl/α,β-unsaturated/α-hetero) is 1. The number of halogens is 2. The number of hydrogen-bond donors (Lipinski definition) is 2. The fraction of sp³-hybridized carbons (Fsp3) is 0.207. The number of carbonyl (C=O) groups excluding carboxylic acids is 3. The lowest BCUT2D eigenvalue weighted by molar-refractivity contribution is -0.137. The normalized spacial score (nSPS) is 16.4. The summed E-state index contributed by atoms with van der Waals surface area (Å²) in [5.74, 6) is -1.19. The summed E-state index contributed by atoms with van der Waals surface area (Å²) in [7, 11) is 0. The molecule has 0 radical (unpaired) electrons. The Morgan fingerprint density at radius 1 is 1.09 bits per heavy atom. The smallest absolute Gasteiger partial charge is 0.249 e. The summed E-state index contributed by atoms with van der Waals surface area (Å²) in [5.41, 5.74) is 3.13. The molecule has 0 saturated carbocycles. The Bertz CT molecular complexity index is 1850. The number of carbonyl (C=O) groups is 3. The van der Waals surface area contributed by atoms with Gasteiger partial charge in [0, 0.05) is 40.3 Å². The zero-order valence-electron chi connectivity index (χ0n) is 22.7. The van der Waals surface area contributed by atoms with E-state index in [4.69, 9.17) is 11.6 Å². The van der Waals surface area contributed by atoms with Crippen LogP contribution in [0, 0.1) is 0 Å². The molecule has 1 saturated heterocycles. The van der Waals surface area contributed by atoms with Gasteiger partial charge in [0.15, 0.2) is 10.8 Å². The predicted molar refractivity (Wildman–Crippen MR) is 161 cm³/mol. The van der Waals surface area contributed by atoms with Gasteiger partial charge in [0.1, 0.15) is 25.1 Å². The molecule has 6 rings (SSSR count). The first-order valence-electron chi connectivity index (χ1n) is 13.3. The van der Waals surface area contributed by atoms with Crippen LogP contribution in [0.25, 0.3) is 21.5 Å². The monoisotopic (exact) mass is 618 g/mol. The number of likely N-dealkylation sites (tertiary alicyclic amines) is 1. The summed E-state index contributed by atoms with van der Waals surface area (Å²) in [5, 5.41) is 15.8. The molecular formula is C29H24ClFN8O3S. The Morgan fingerprint density at radius 2 is 1.88 bits per heavy atom. The molecule has 3 aromatic heterocycles. The van der Waals surface area contributed by atoms with E-state index in [1.165, 1.54) is 18.2 Å². The maximum absolute atomic E-state index is 14.6. The highest BCUT2D eigenvalue weighted by molar-refractivity contribution is 7.18. The van der Waals surface area contributed by atoms with Crippen molar-refractivity contribution in [2.45, 2.75) is 32.1 Å². The van der Waals surface area contributed by atoms with Crippen LogP contribution in [0.1, 0.15) is 23.7 Å². The van der Waals surface area contributed by atoms with Crippen molar-refractivity contribution in [1.29, 1.82) is 0 Å². The number of aromatic nitrogens is 5. The van der Waals surface area contributed by atoms with Crippen LogP contribution in [0.3, 0.4) is 0 Å². The van der Waals surface area contributed by atoms with E-state index < -0.39 is 24.0 Å². The number of nitrogens with one attached hydrogen (secondary N) is 2. The Morgan fingerprint density at radius 3 is 2.65 bits per heavy atom. The van der Waals surface area contributed by atoms with Crippen LogP contribution in [-0.4, -0.2) is 66.0 Å². The number of alkyl halides is 1. The van der Waals surface area contributed by atoms with E-state index in [1.807, 2.05) is 18.2 Å². The van der Waals surface area contributed by atoms with Crippen molar-refractivity contribution in [3.8, 4) is 10.6 Å². The Labute approximate surface area is 253 Å². The molecule has 2 amide bonds. The van der Waals surface area contributed by atoms with Gasteiger partial charge >= 0.3 is 0 Å². The van der Waals surface area contributed by atoms with Crippen LogP contribution in [-0.2, 0) is 16.1 Å². The third-order valence-corrected chi connectivity index (χ3v) is 8.25. The molecule has 5 aromatic rings.